The normalized spacial score (nSPS) is 14.8. The summed E-state index contributed by atoms with van der Waals surface area (Å²) in [5.41, 5.74) is -0.235. The number of rotatable bonds is 12. The highest BCUT2D eigenvalue weighted by Crippen LogP contribution is 2.32. The average Bonchev–Trinajstić information content (AvgIpc) is 2.30. The van der Waals surface area contributed by atoms with Crippen LogP contribution in [0.15, 0.2) is 0 Å². The molecule has 0 bridgehead atoms. The Kier molecular flexibility index (Phi) is 13.6. The molecule has 0 aromatic carbocycles. The maximum Gasteiger partial charge on any atom is 0.106 e. The molecule has 0 aliphatic carbocycles. The van der Waals surface area contributed by atoms with E-state index in [2.05, 4.69) is 13.8 Å². The van der Waals surface area contributed by atoms with Crippen molar-refractivity contribution in [2.45, 2.75) is 89.2 Å². The molecule has 0 rings (SSSR count). The second-order valence-corrected chi connectivity index (χ2v) is 7.89. The van der Waals surface area contributed by atoms with Gasteiger partial charge in [-0.1, -0.05) is 86.8 Å². The van der Waals surface area contributed by atoms with Crippen LogP contribution >= 0.6 is 21.6 Å². The molecule has 0 spiro atoms. The van der Waals surface area contributed by atoms with Gasteiger partial charge in [-0.3, -0.25) is 0 Å². The molecule has 0 saturated heterocycles. The third-order valence-electron chi connectivity index (χ3n) is 2.82. The third-order valence-corrected chi connectivity index (χ3v) is 5.93. The van der Waals surface area contributed by atoms with Crippen molar-refractivity contribution in [2.24, 2.45) is 0 Å². The SMILES string of the molecule is CCCCCCCCCCC(C)SSC(C)O. The molecule has 0 aromatic heterocycles. The second-order valence-electron chi connectivity index (χ2n) is 4.87. The van der Waals surface area contributed by atoms with Gasteiger partial charge in [-0.05, 0) is 13.3 Å². The Morgan fingerprint density at radius 3 is 1.88 bits per heavy atom. The summed E-state index contributed by atoms with van der Waals surface area (Å²) in [5, 5.41) is 9.83. The lowest BCUT2D eigenvalue weighted by Gasteiger charge is -2.11. The first-order valence-corrected chi connectivity index (χ1v) is 9.44. The highest BCUT2D eigenvalue weighted by molar-refractivity contribution is 8.77. The van der Waals surface area contributed by atoms with Gasteiger partial charge >= 0.3 is 0 Å². The quantitative estimate of drug-likeness (QED) is 0.284. The van der Waals surface area contributed by atoms with Crippen molar-refractivity contribution < 1.29 is 5.11 Å². The Bertz CT molecular complexity index is 151. The van der Waals surface area contributed by atoms with E-state index in [0.29, 0.717) is 5.25 Å². The summed E-state index contributed by atoms with van der Waals surface area (Å²) in [6.07, 6.45) is 12.5. The van der Waals surface area contributed by atoms with Gasteiger partial charge < -0.3 is 5.11 Å². The Morgan fingerprint density at radius 2 is 1.35 bits per heavy atom. The molecular weight excluding hydrogens is 248 g/mol. The van der Waals surface area contributed by atoms with E-state index in [9.17, 15) is 0 Å². The largest absolute Gasteiger partial charge is 0.382 e. The van der Waals surface area contributed by atoms with Crippen molar-refractivity contribution >= 4 is 21.6 Å². The molecule has 0 fully saturated rings. The van der Waals surface area contributed by atoms with Crippen LogP contribution in [-0.4, -0.2) is 15.8 Å². The van der Waals surface area contributed by atoms with Crippen molar-refractivity contribution in [2.75, 3.05) is 0 Å². The molecule has 0 aromatic rings. The Balaban J connectivity index is 3.11. The molecule has 2 atom stereocenters. The monoisotopic (exact) mass is 278 g/mol. The van der Waals surface area contributed by atoms with Crippen LogP contribution in [0.25, 0.3) is 0 Å². The highest BCUT2D eigenvalue weighted by Gasteiger charge is 2.05. The zero-order chi connectivity index (χ0) is 12.9. The van der Waals surface area contributed by atoms with Crippen molar-refractivity contribution in [3.05, 3.63) is 0 Å². The predicted molar refractivity (Wildman–Crippen MR) is 83.6 cm³/mol. The van der Waals surface area contributed by atoms with Crippen LogP contribution in [0.3, 0.4) is 0 Å². The smallest absolute Gasteiger partial charge is 0.106 e. The van der Waals surface area contributed by atoms with Crippen LogP contribution in [0, 0.1) is 0 Å². The van der Waals surface area contributed by atoms with Crippen LogP contribution in [0.5, 0.6) is 0 Å². The first kappa shape index (κ1) is 17.7. The fraction of sp³-hybridized carbons (Fsp3) is 1.00. The number of unbranched alkanes of at least 4 members (excludes halogenated alkanes) is 7. The Labute approximate surface area is 116 Å². The summed E-state index contributed by atoms with van der Waals surface area (Å²) in [6.45, 7) is 6.37. The molecular formula is C14H30OS2. The topological polar surface area (TPSA) is 20.2 Å². The molecule has 17 heavy (non-hydrogen) atoms. The summed E-state index contributed by atoms with van der Waals surface area (Å²) in [6, 6.07) is 0. The molecule has 0 heterocycles. The number of hydrogen-bond donors (Lipinski definition) is 1. The summed E-state index contributed by atoms with van der Waals surface area (Å²) in [5.74, 6) is 0. The first-order chi connectivity index (χ1) is 8.16. The van der Waals surface area contributed by atoms with Crippen molar-refractivity contribution in [3.8, 4) is 0 Å². The summed E-state index contributed by atoms with van der Waals surface area (Å²) >= 11 is 0. The molecule has 0 aliphatic rings. The van der Waals surface area contributed by atoms with E-state index in [4.69, 9.17) is 5.11 Å². The molecule has 0 radical (unpaired) electrons. The van der Waals surface area contributed by atoms with Crippen LogP contribution in [0.1, 0.15) is 78.6 Å². The Morgan fingerprint density at radius 1 is 0.824 bits per heavy atom. The number of aliphatic hydroxyl groups excluding tert-OH is 1. The molecule has 0 amide bonds. The zero-order valence-corrected chi connectivity index (χ0v) is 13.4. The lowest BCUT2D eigenvalue weighted by molar-refractivity contribution is 0.285. The van der Waals surface area contributed by atoms with E-state index in [1.807, 2.05) is 17.7 Å². The fourth-order valence-electron chi connectivity index (χ4n) is 1.79. The summed E-state index contributed by atoms with van der Waals surface area (Å²) in [4.78, 5) is 0. The van der Waals surface area contributed by atoms with Gasteiger partial charge in [-0.15, -0.1) is 0 Å². The first-order valence-electron chi connectivity index (χ1n) is 7.17. The van der Waals surface area contributed by atoms with Gasteiger partial charge in [-0.25, -0.2) is 0 Å². The second kappa shape index (κ2) is 13.1. The molecule has 0 saturated carbocycles. The molecule has 1 N–H and O–H groups in total. The minimum atomic E-state index is -0.235. The van der Waals surface area contributed by atoms with Crippen LogP contribution in [0.4, 0.5) is 0 Å². The number of aliphatic hydroxyl groups is 1. The van der Waals surface area contributed by atoms with Gasteiger partial charge in [-0.2, -0.15) is 0 Å². The lowest BCUT2D eigenvalue weighted by atomic mass is 10.1. The zero-order valence-electron chi connectivity index (χ0n) is 11.8. The van der Waals surface area contributed by atoms with Crippen LogP contribution in [-0.2, 0) is 0 Å². The lowest BCUT2D eigenvalue weighted by Crippen LogP contribution is -1.97. The van der Waals surface area contributed by atoms with Crippen molar-refractivity contribution in [1.82, 2.24) is 0 Å². The maximum absolute atomic E-state index is 9.16. The summed E-state index contributed by atoms with van der Waals surface area (Å²) < 4.78 is 0. The molecule has 3 heteroatoms. The average molecular weight is 279 g/mol. The van der Waals surface area contributed by atoms with Crippen molar-refractivity contribution in [3.63, 3.8) is 0 Å². The fourth-order valence-corrected chi connectivity index (χ4v) is 3.74. The van der Waals surface area contributed by atoms with Gasteiger partial charge in [0.15, 0.2) is 0 Å². The highest BCUT2D eigenvalue weighted by atomic mass is 33.1. The van der Waals surface area contributed by atoms with E-state index in [1.165, 1.54) is 57.8 Å². The van der Waals surface area contributed by atoms with Gasteiger partial charge in [0.25, 0.3) is 0 Å². The minimum Gasteiger partial charge on any atom is -0.382 e. The Hall–Kier alpha value is 0.660. The third kappa shape index (κ3) is 14.6. The van der Waals surface area contributed by atoms with E-state index in [0.717, 1.165) is 0 Å². The van der Waals surface area contributed by atoms with E-state index in [-0.39, 0.29) is 5.44 Å². The molecule has 2 unspecified atom stereocenters. The summed E-state index contributed by atoms with van der Waals surface area (Å²) in [7, 11) is 3.42. The van der Waals surface area contributed by atoms with E-state index < -0.39 is 0 Å². The van der Waals surface area contributed by atoms with E-state index in [1.54, 1.807) is 10.8 Å². The van der Waals surface area contributed by atoms with Crippen LogP contribution < -0.4 is 0 Å². The van der Waals surface area contributed by atoms with Gasteiger partial charge in [0, 0.05) is 5.25 Å². The van der Waals surface area contributed by atoms with Crippen molar-refractivity contribution in [1.29, 1.82) is 0 Å². The maximum atomic E-state index is 9.16. The minimum absolute atomic E-state index is 0.235. The predicted octanol–water partition coefficient (Wildman–Crippen LogP) is 5.63. The molecule has 0 aliphatic heterocycles. The number of hydrogen-bond acceptors (Lipinski definition) is 3. The standard InChI is InChI=1S/C14H30OS2/c1-4-5-6-7-8-9-10-11-12-13(2)16-17-14(3)15/h13-15H,4-12H2,1-3H3. The van der Waals surface area contributed by atoms with Gasteiger partial charge in [0.05, 0.1) is 0 Å². The molecule has 1 nitrogen and oxygen atoms in total. The molecule has 104 valence electrons. The van der Waals surface area contributed by atoms with Gasteiger partial charge in [0.2, 0.25) is 0 Å². The van der Waals surface area contributed by atoms with Crippen LogP contribution in [0.2, 0.25) is 0 Å². The van der Waals surface area contributed by atoms with E-state index >= 15 is 0 Å². The van der Waals surface area contributed by atoms with Gasteiger partial charge in [0.1, 0.15) is 5.44 Å².